The van der Waals surface area contributed by atoms with E-state index in [9.17, 15) is 0 Å². The minimum atomic E-state index is -0.394. The molecule has 5 aliphatic rings. The van der Waals surface area contributed by atoms with Crippen LogP contribution in [0.15, 0.2) is 24.5 Å². The van der Waals surface area contributed by atoms with Gasteiger partial charge in [0.15, 0.2) is 0 Å². The lowest BCUT2D eigenvalue weighted by molar-refractivity contribution is 0.320. The van der Waals surface area contributed by atoms with Crippen molar-refractivity contribution in [2.75, 3.05) is 6.54 Å². The zero-order chi connectivity index (χ0) is 44.3. The fourth-order valence-corrected chi connectivity index (χ4v) is 26.6. The van der Waals surface area contributed by atoms with E-state index in [1.165, 1.54) is 5.56 Å². The topological polar surface area (TPSA) is 50.9 Å². The molecule has 1 fully saturated rings. The van der Waals surface area contributed by atoms with E-state index < -0.39 is 5.41 Å². The Morgan fingerprint density at radius 2 is 0.568 bits per heavy atom. The van der Waals surface area contributed by atoms with Gasteiger partial charge in [-0.05, 0) is 344 Å². The van der Waals surface area contributed by atoms with Crippen molar-refractivity contribution in [2.24, 2.45) is 5.73 Å². The number of rotatable bonds is 5. The maximum absolute atomic E-state index is 6.57. The Hall–Kier alpha value is -8.47. The second kappa shape index (κ2) is 6.74. The lowest BCUT2D eigenvalue weighted by Gasteiger charge is -2.53. The van der Waals surface area contributed by atoms with Gasteiger partial charge < -0.3 is 11.1 Å². The average Bonchev–Trinajstić information content (AvgIpc) is 3.97. The first-order valence-corrected chi connectivity index (χ1v) is 28.0. The summed E-state index contributed by atoms with van der Waals surface area (Å²) in [5.74, 6) is 0. The lowest BCUT2D eigenvalue weighted by Crippen LogP contribution is -2.55. The normalized spacial score (nSPS) is 24.0. The quantitative estimate of drug-likeness (QED) is 0.134. The highest BCUT2D eigenvalue weighted by atomic mass is 15.1. The Morgan fingerprint density at radius 1 is 0.324 bits per heavy atom. The van der Waals surface area contributed by atoms with Gasteiger partial charge in [0.05, 0.1) is 10.8 Å². The molecule has 29 aromatic rings. The van der Waals surface area contributed by atoms with E-state index >= 15 is 0 Å². The average molecular weight is 912 g/mol. The molecule has 1 aliphatic heterocycles. The maximum atomic E-state index is 6.57. The monoisotopic (exact) mass is 911 g/mol. The van der Waals surface area contributed by atoms with Gasteiger partial charge in [0.1, 0.15) is 0 Å². The minimum Gasteiger partial charge on any atom is -0.330 e. The largest absolute Gasteiger partial charge is 0.330 e. The summed E-state index contributed by atoms with van der Waals surface area (Å²) in [6.07, 6.45) is 7.60. The van der Waals surface area contributed by atoms with Gasteiger partial charge in [-0.1, -0.05) is 12.5 Å². The van der Waals surface area contributed by atoms with Crippen LogP contribution >= 0.6 is 0 Å². The standard InChI is InChI=1S/C71H17N3/c72-6-2-1-5-10-70-65-57-49-39-29-21-13-11-12-15-19-17(13)25-33-27(19)37-31-23(15)24-16(12)20-18-14(11)22(21)30-36-26(18)34-28(20)38-32(24)42-41(31)51-45(37)55-47(33)53(43(49)35(25)29)59(65)61(55)67-63(51)64-52(42)46(38)56-48(34)54-44(36)50(40(30)39)58(57)66(70)60(54)62(56)68(64)71(67,70)69(74-10)9-4-3-7-73-8-9/h3-4,7-8,10,69,74H,1-2,5-6,72H2. The van der Waals surface area contributed by atoms with Crippen molar-refractivity contribution in [3.8, 4) is 0 Å². The first-order chi connectivity index (χ1) is 36.9. The molecular weight excluding hydrogens is 895 g/mol. The Kier molecular flexibility index (Phi) is 2.61. The second-order valence-corrected chi connectivity index (χ2v) is 27.1. The van der Waals surface area contributed by atoms with Crippen molar-refractivity contribution in [1.29, 1.82) is 0 Å². The van der Waals surface area contributed by atoms with Gasteiger partial charge in [0, 0.05) is 24.5 Å². The van der Waals surface area contributed by atoms with Crippen molar-refractivity contribution in [3.05, 3.63) is 52.3 Å². The van der Waals surface area contributed by atoms with Gasteiger partial charge in [-0.3, -0.25) is 4.98 Å². The number of nitrogens with one attached hydrogen (secondary N) is 1. The predicted octanol–water partition coefficient (Wildman–Crippen LogP) is 17.5. The number of hydrogen-bond acceptors (Lipinski definition) is 3. The minimum absolute atomic E-state index is 0.0369. The molecule has 0 radical (unpaired) electrons. The van der Waals surface area contributed by atoms with Crippen LogP contribution in [0.25, 0.3) is 291 Å². The summed E-state index contributed by atoms with van der Waals surface area (Å²) in [5.41, 5.74) is 14.2. The van der Waals surface area contributed by atoms with Crippen molar-refractivity contribution < 1.29 is 0 Å². The van der Waals surface area contributed by atoms with E-state index in [2.05, 4.69) is 18.3 Å². The molecule has 0 amide bonds. The third-order valence-corrected chi connectivity index (χ3v) is 26.7. The van der Waals surface area contributed by atoms with Crippen LogP contribution in [0.4, 0.5) is 0 Å². The van der Waals surface area contributed by atoms with Crippen LogP contribution in [-0.4, -0.2) is 17.6 Å². The molecule has 2 heterocycles. The molecular formula is C71H17N3. The summed E-state index contributed by atoms with van der Waals surface area (Å²) in [5, 5.41) is 94.4. The number of nitrogens with two attached hydrogens (primary N) is 1. The van der Waals surface area contributed by atoms with Crippen molar-refractivity contribution in [3.63, 3.8) is 0 Å². The Morgan fingerprint density at radius 3 is 0.797 bits per heavy atom. The maximum Gasteiger partial charge on any atom is 0.0576 e. The van der Waals surface area contributed by atoms with Crippen LogP contribution in [0.3, 0.4) is 0 Å². The summed E-state index contributed by atoms with van der Waals surface area (Å²) < 4.78 is 0. The van der Waals surface area contributed by atoms with Gasteiger partial charge in [-0.25, -0.2) is 0 Å². The number of unbranched alkanes of at least 4 members (excludes halogenated alkanes) is 1. The van der Waals surface area contributed by atoms with E-state index in [0.717, 1.165) is 25.8 Å². The van der Waals surface area contributed by atoms with Crippen molar-refractivity contribution >= 4 is 291 Å². The number of pyridine rings is 1. The van der Waals surface area contributed by atoms with Gasteiger partial charge in [0.2, 0.25) is 0 Å². The molecule has 2 atom stereocenters. The molecule has 74 heavy (non-hydrogen) atoms. The molecule has 3 heteroatoms. The number of aromatic nitrogens is 1. The van der Waals surface area contributed by atoms with Crippen LogP contribution in [-0.2, 0) is 10.8 Å². The van der Waals surface area contributed by atoms with Crippen LogP contribution in [0.5, 0.6) is 0 Å². The molecule has 3 N–H and O–H groups in total. The first-order valence-electron chi connectivity index (χ1n) is 28.0. The summed E-state index contributed by atoms with van der Waals surface area (Å²) in [6.45, 7) is 0.738. The summed E-state index contributed by atoms with van der Waals surface area (Å²) in [4.78, 5) is 5.11. The SMILES string of the molecule is NCCCCC1NC(c2cccnc2)C23c4c5c6c7c8c9c(c%10c%11c2c2c4c4c%12c5c5c6c6c8c8c%13c9c9c%10c%10c%11c%11c2c2c4c4c%12c%12c5c5c6c8c6c8c%13c9c9c%10c%10c%11c2c2c4c4c%12c5c6c5c8c9c%10c2c45)C713. The van der Waals surface area contributed by atoms with Gasteiger partial charge in [0.25, 0.3) is 0 Å². The fraction of sp³-hybridized carbons (Fsp3) is 0.113. The Bertz CT molecular complexity index is 7260. The summed E-state index contributed by atoms with van der Waals surface area (Å²) >= 11 is 0. The number of nitrogens with zero attached hydrogens (tertiary/aromatic N) is 1. The van der Waals surface area contributed by atoms with E-state index in [1.54, 1.807) is 313 Å². The summed E-state index contributed by atoms with van der Waals surface area (Å²) in [7, 11) is 0. The van der Waals surface area contributed by atoms with E-state index in [-0.39, 0.29) is 17.5 Å². The molecule has 316 valence electrons. The molecule has 3 nitrogen and oxygen atoms in total. The van der Waals surface area contributed by atoms with Crippen LogP contribution in [0, 0.1) is 0 Å². The Labute approximate surface area is 405 Å². The molecule has 0 saturated carbocycles. The molecule has 1 aromatic heterocycles. The number of benzene rings is 18. The number of hydrogen-bond donors (Lipinski definition) is 2. The highest BCUT2D eigenvalue weighted by Gasteiger charge is 2.77. The van der Waals surface area contributed by atoms with Gasteiger partial charge >= 0.3 is 0 Å². The molecule has 28 aromatic carbocycles. The van der Waals surface area contributed by atoms with E-state index in [1.807, 2.05) is 6.20 Å². The molecule has 1 saturated heterocycles. The summed E-state index contributed by atoms with van der Waals surface area (Å²) in [6, 6.07) is 4.98. The van der Waals surface area contributed by atoms with E-state index in [0.29, 0.717) is 0 Å². The van der Waals surface area contributed by atoms with Crippen LogP contribution in [0.1, 0.15) is 53.1 Å². The zero-order valence-corrected chi connectivity index (χ0v) is 38.3. The van der Waals surface area contributed by atoms with Gasteiger partial charge in [-0.2, -0.15) is 0 Å². The lowest BCUT2D eigenvalue weighted by atomic mass is 9.45. The van der Waals surface area contributed by atoms with Crippen LogP contribution in [0.2, 0.25) is 0 Å². The second-order valence-electron chi connectivity index (χ2n) is 27.1. The highest BCUT2D eigenvalue weighted by Crippen LogP contribution is 2.87. The molecule has 4 aliphatic carbocycles. The third-order valence-electron chi connectivity index (χ3n) is 26.7. The first kappa shape index (κ1) is 28.7. The van der Waals surface area contributed by atoms with Gasteiger partial charge in [-0.15, -0.1) is 0 Å². The smallest absolute Gasteiger partial charge is 0.0576 e. The van der Waals surface area contributed by atoms with Crippen LogP contribution < -0.4 is 11.1 Å². The third kappa shape index (κ3) is 1.57. The van der Waals surface area contributed by atoms with Crippen molar-refractivity contribution in [2.45, 2.75) is 42.2 Å². The van der Waals surface area contributed by atoms with Crippen molar-refractivity contribution in [1.82, 2.24) is 10.3 Å². The molecule has 34 rings (SSSR count). The molecule has 2 spiro atoms. The highest BCUT2D eigenvalue weighted by molar-refractivity contribution is 6.82. The predicted molar refractivity (Wildman–Crippen MR) is 311 cm³/mol. The Balaban J connectivity index is 1.13. The van der Waals surface area contributed by atoms with E-state index in [4.69, 9.17) is 16.0 Å². The fourth-order valence-electron chi connectivity index (χ4n) is 26.6. The molecule has 2 unspecified atom stereocenters. The molecule has 0 bridgehead atoms. The zero-order valence-electron chi connectivity index (χ0n) is 38.3.